The summed E-state index contributed by atoms with van der Waals surface area (Å²) in [5.41, 5.74) is 0.816. The summed E-state index contributed by atoms with van der Waals surface area (Å²) in [6.07, 6.45) is 0. The lowest BCUT2D eigenvalue weighted by atomic mass is 10.2. The average Bonchev–Trinajstić information content (AvgIpc) is 2.38. The molecule has 0 spiro atoms. The molecule has 18 heavy (non-hydrogen) atoms. The molecule has 5 heteroatoms. The molecule has 0 aromatic heterocycles. The molecule has 0 bridgehead atoms. The predicted molar refractivity (Wildman–Crippen MR) is 65.6 cm³/mol. The standard InChI is InChI=1S/C13H14FN3O/c1-10(18)16-4-6-17(7-5-16)12-3-2-11(9-15)13(14)8-12/h2-3,8H,4-7H2,1H3. The van der Waals surface area contributed by atoms with E-state index in [1.54, 1.807) is 24.0 Å². The number of anilines is 1. The minimum absolute atomic E-state index is 0.0566. The molecule has 0 saturated carbocycles. The van der Waals surface area contributed by atoms with Gasteiger partial charge < -0.3 is 9.80 Å². The van der Waals surface area contributed by atoms with Crippen LogP contribution >= 0.6 is 0 Å². The number of rotatable bonds is 1. The fourth-order valence-electron chi connectivity index (χ4n) is 2.07. The van der Waals surface area contributed by atoms with E-state index >= 15 is 0 Å². The predicted octanol–water partition coefficient (Wildman–Crippen LogP) is 1.37. The van der Waals surface area contributed by atoms with Gasteiger partial charge in [-0.15, -0.1) is 0 Å². The van der Waals surface area contributed by atoms with Gasteiger partial charge >= 0.3 is 0 Å². The highest BCUT2D eigenvalue weighted by Gasteiger charge is 2.19. The molecule has 2 rings (SSSR count). The molecule has 0 atom stereocenters. The lowest BCUT2D eigenvalue weighted by molar-refractivity contribution is -0.129. The quantitative estimate of drug-likeness (QED) is 0.753. The highest BCUT2D eigenvalue weighted by molar-refractivity contribution is 5.73. The Hall–Kier alpha value is -2.09. The topological polar surface area (TPSA) is 47.3 Å². The van der Waals surface area contributed by atoms with E-state index in [9.17, 15) is 9.18 Å². The second kappa shape index (κ2) is 5.05. The van der Waals surface area contributed by atoms with Crippen molar-refractivity contribution in [2.45, 2.75) is 6.92 Å². The molecule has 1 heterocycles. The van der Waals surface area contributed by atoms with Crippen LogP contribution in [0.4, 0.5) is 10.1 Å². The second-order valence-corrected chi connectivity index (χ2v) is 4.27. The third-order valence-corrected chi connectivity index (χ3v) is 3.16. The molecule has 1 aromatic rings. The Kier molecular flexibility index (Phi) is 3.47. The van der Waals surface area contributed by atoms with E-state index in [2.05, 4.69) is 0 Å². The Morgan fingerprint density at radius 1 is 1.33 bits per heavy atom. The van der Waals surface area contributed by atoms with Gasteiger partial charge in [0.25, 0.3) is 0 Å². The maximum Gasteiger partial charge on any atom is 0.219 e. The van der Waals surface area contributed by atoms with Gasteiger partial charge in [-0.1, -0.05) is 0 Å². The van der Waals surface area contributed by atoms with E-state index in [-0.39, 0.29) is 11.5 Å². The summed E-state index contributed by atoms with van der Waals surface area (Å²) in [5.74, 6) is -0.426. The Morgan fingerprint density at radius 3 is 2.50 bits per heavy atom. The summed E-state index contributed by atoms with van der Waals surface area (Å²) < 4.78 is 13.5. The monoisotopic (exact) mass is 247 g/mol. The van der Waals surface area contributed by atoms with Crippen LogP contribution in [0.1, 0.15) is 12.5 Å². The van der Waals surface area contributed by atoms with Crippen LogP contribution in [0.2, 0.25) is 0 Å². The molecule has 0 N–H and O–H groups in total. The first-order valence-corrected chi connectivity index (χ1v) is 5.82. The van der Waals surface area contributed by atoms with Crippen LogP contribution in [0.25, 0.3) is 0 Å². The number of benzene rings is 1. The number of piperazine rings is 1. The summed E-state index contributed by atoms with van der Waals surface area (Å²) in [5, 5.41) is 8.67. The van der Waals surface area contributed by atoms with Crippen LogP contribution in [0.15, 0.2) is 18.2 Å². The molecule has 1 amide bonds. The number of amides is 1. The largest absolute Gasteiger partial charge is 0.368 e. The molecule has 1 saturated heterocycles. The number of hydrogen-bond acceptors (Lipinski definition) is 3. The summed E-state index contributed by atoms with van der Waals surface area (Å²) in [7, 11) is 0. The summed E-state index contributed by atoms with van der Waals surface area (Å²) in [4.78, 5) is 15.0. The number of carbonyl (C=O) groups is 1. The first kappa shape index (κ1) is 12.4. The van der Waals surface area contributed by atoms with E-state index < -0.39 is 5.82 Å². The molecular weight excluding hydrogens is 233 g/mol. The highest BCUT2D eigenvalue weighted by atomic mass is 19.1. The van der Waals surface area contributed by atoms with Crippen molar-refractivity contribution in [3.05, 3.63) is 29.6 Å². The third-order valence-electron chi connectivity index (χ3n) is 3.16. The van der Waals surface area contributed by atoms with Crippen molar-refractivity contribution >= 4 is 11.6 Å². The van der Waals surface area contributed by atoms with Gasteiger partial charge in [0, 0.05) is 38.8 Å². The van der Waals surface area contributed by atoms with Gasteiger partial charge in [0.05, 0.1) is 5.56 Å². The Morgan fingerprint density at radius 2 is 2.00 bits per heavy atom. The van der Waals surface area contributed by atoms with Crippen molar-refractivity contribution in [1.82, 2.24) is 4.90 Å². The third kappa shape index (κ3) is 2.43. The molecule has 0 radical (unpaired) electrons. The number of hydrogen-bond donors (Lipinski definition) is 0. The second-order valence-electron chi connectivity index (χ2n) is 4.27. The molecule has 1 aliphatic rings. The Bertz CT molecular complexity index is 501. The average molecular weight is 247 g/mol. The summed E-state index contributed by atoms with van der Waals surface area (Å²) in [6, 6.07) is 6.41. The van der Waals surface area contributed by atoms with Gasteiger partial charge in [-0.25, -0.2) is 4.39 Å². The zero-order valence-corrected chi connectivity index (χ0v) is 10.2. The lowest BCUT2D eigenvalue weighted by Gasteiger charge is -2.35. The van der Waals surface area contributed by atoms with Crippen LogP contribution in [0, 0.1) is 17.1 Å². The SMILES string of the molecule is CC(=O)N1CCN(c2ccc(C#N)c(F)c2)CC1. The zero-order chi connectivity index (χ0) is 13.1. The minimum atomic E-state index is -0.496. The van der Waals surface area contributed by atoms with Crippen LogP contribution in [-0.2, 0) is 4.79 Å². The molecule has 1 aromatic carbocycles. The first-order valence-electron chi connectivity index (χ1n) is 5.82. The number of nitrogens with zero attached hydrogens (tertiary/aromatic N) is 3. The van der Waals surface area contributed by atoms with Crippen molar-refractivity contribution in [1.29, 1.82) is 5.26 Å². The van der Waals surface area contributed by atoms with E-state index in [1.165, 1.54) is 12.1 Å². The number of halogens is 1. The maximum atomic E-state index is 13.5. The Balaban J connectivity index is 2.08. The molecule has 4 nitrogen and oxygen atoms in total. The van der Waals surface area contributed by atoms with E-state index in [0.29, 0.717) is 26.2 Å². The highest BCUT2D eigenvalue weighted by Crippen LogP contribution is 2.19. The van der Waals surface area contributed by atoms with Gasteiger partial charge in [0.15, 0.2) is 0 Å². The first-order chi connectivity index (χ1) is 8.61. The lowest BCUT2D eigenvalue weighted by Crippen LogP contribution is -2.48. The molecule has 94 valence electrons. The zero-order valence-electron chi connectivity index (χ0n) is 10.2. The van der Waals surface area contributed by atoms with Crippen molar-refractivity contribution in [2.24, 2.45) is 0 Å². The molecular formula is C13H14FN3O. The van der Waals surface area contributed by atoms with E-state index in [1.807, 2.05) is 4.90 Å². The van der Waals surface area contributed by atoms with Crippen LogP contribution < -0.4 is 4.90 Å². The maximum absolute atomic E-state index is 13.5. The van der Waals surface area contributed by atoms with Gasteiger partial charge in [-0.3, -0.25) is 4.79 Å². The molecule has 1 aliphatic heterocycles. The van der Waals surface area contributed by atoms with Crippen molar-refractivity contribution in [3.8, 4) is 6.07 Å². The van der Waals surface area contributed by atoms with Crippen LogP contribution in [0.5, 0.6) is 0 Å². The van der Waals surface area contributed by atoms with Gasteiger partial charge in [0.1, 0.15) is 11.9 Å². The van der Waals surface area contributed by atoms with Gasteiger partial charge in [-0.2, -0.15) is 5.26 Å². The normalized spacial score (nSPS) is 15.4. The molecule has 0 aliphatic carbocycles. The van der Waals surface area contributed by atoms with E-state index in [4.69, 9.17) is 5.26 Å². The number of nitriles is 1. The van der Waals surface area contributed by atoms with E-state index in [0.717, 1.165) is 5.69 Å². The van der Waals surface area contributed by atoms with Crippen LogP contribution in [-0.4, -0.2) is 37.0 Å². The molecule has 0 unspecified atom stereocenters. The van der Waals surface area contributed by atoms with Crippen molar-refractivity contribution in [3.63, 3.8) is 0 Å². The molecule has 1 fully saturated rings. The fraction of sp³-hybridized carbons (Fsp3) is 0.385. The minimum Gasteiger partial charge on any atom is -0.368 e. The van der Waals surface area contributed by atoms with Gasteiger partial charge in [0.2, 0.25) is 5.91 Å². The van der Waals surface area contributed by atoms with Crippen LogP contribution in [0.3, 0.4) is 0 Å². The number of carbonyl (C=O) groups excluding carboxylic acids is 1. The fourth-order valence-corrected chi connectivity index (χ4v) is 2.07. The van der Waals surface area contributed by atoms with Gasteiger partial charge in [-0.05, 0) is 18.2 Å². The smallest absolute Gasteiger partial charge is 0.219 e. The summed E-state index contributed by atoms with van der Waals surface area (Å²) in [6.45, 7) is 4.22. The summed E-state index contributed by atoms with van der Waals surface area (Å²) >= 11 is 0. The van der Waals surface area contributed by atoms with Crippen molar-refractivity contribution < 1.29 is 9.18 Å². The van der Waals surface area contributed by atoms with Crippen molar-refractivity contribution in [2.75, 3.05) is 31.1 Å². The Labute approximate surface area is 105 Å².